The fraction of sp³-hybridized carbons (Fsp3) is 0.556. The van der Waals surface area contributed by atoms with Crippen molar-refractivity contribution in [2.24, 2.45) is 5.92 Å². The second kappa shape index (κ2) is 6.63. The van der Waals surface area contributed by atoms with E-state index in [-0.39, 0.29) is 0 Å². The van der Waals surface area contributed by atoms with E-state index in [1.54, 1.807) is 0 Å². The van der Waals surface area contributed by atoms with Gasteiger partial charge in [-0.25, -0.2) is 0 Å². The highest BCUT2D eigenvalue weighted by atomic mass is 15.2. The normalized spacial score (nSPS) is 18.4. The van der Waals surface area contributed by atoms with Crippen LogP contribution < -0.4 is 5.32 Å². The Balaban J connectivity index is 1.84. The average Bonchev–Trinajstić information content (AvgIpc) is 2.96. The number of hydrogen-bond donors (Lipinski definition) is 2. The number of aromatic amines is 1. The first-order valence-corrected chi connectivity index (χ1v) is 8.26. The molecule has 0 radical (unpaired) electrons. The molecule has 0 spiro atoms. The van der Waals surface area contributed by atoms with Gasteiger partial charge in [0.15, 0.2) is 0 Å². The van der Waals surface area contributed by atoms with Crippen molar-refractivity contribution in [2.45, 2.75) is 32.7 Å². The van der Waals surface area contributed by atoms with Crippen molar-refractivity contribution in [2.75, 3.05) is 26.2 Å². The van der Waals surface area contributed by atoms with E-state index in [1.807, 2.05) is 6.20 Å². The summed E-state index contributed by atoms with van der Waals surface area (Å²) in [6.07, 6.45) is 4.57. The molecule has 0 unspecified atom stereocenters. The summed E-state index contributed by atoms with van der Waals surface area (Å²) in [5.41, 5.74) is 2.73. The molecule has 2 N–H and O–H groups in total. The Hall–Kier alpha value is -1.32. The zero-order chi connectivity index (χ0) is 14.7. The van der Waals surface area contributed by atoms with Gasteiger partial charge in [-0.05, 0) is 41.8 Å². The Labute approximate surface area is 127 Å². The van der Waals surface area contributed by atoms with Crippen LogP contribution >= 0.6 is 0 Å². The van der Waals surface area contributed by atoms with Gasteiger partial charge in [0, 0.05) is 43.9 Å². The standard InChI is InChI=1S/C18H27N3/c1-14(2)3-6-18(21-11-9-19-10-12-21)16-5-4-15-7-8-20-17(15)13-16/h4-5,7-8,13-14,18-20H,3,6,9-12H2,1-2H3/t18-/m1/s1. The van der Waals surface area contributed by atoms with E-state index in [2.05, 4.69) is 53.3 Å². The monoisotopic (exact) mass is 285 g/mol. The molecule has 21 heavy (non-hydrogen) atoms. The van der Waals surface area contributed by atoms with Gasteiger partial charge in [-0.2, -0.15) is 0 Å². The lowest BCUT2D eigenvalue weighted by Gasteiger charge is -2.35. The van der Waals surface area contributed by atoms with Crippen molar-refractivity contribution in [3.05, 3.63) is 36.0 Å². The van der Waals surface area contributed by atoms with Crippen molar-refractivity contribution in [3.8, 4) is 0 Å². The van der Waals surface area contributed by atoms with Crippen molar-refractivity contribution in [3.63, 3.8) is 0 Å². The van der Waals surface area contributed by atoms with Gasteiger partial charge < -0.3 is 10.3 Å². The van der Waals surface area contributed by atoms with Crippen molar-refractivity contribution in [1.29, 1.82) is 0 Å². The average molecular weight is 285 g/mol. The number of piperazine rings is 1. The number of nitrogens with zero attached hydrogens (tertiary/aromatic N) is 1. The molecule has 2 heterocycles. The third-order valence-electron chi connectivity index (χ3n) is 4.57. The number of nitrogens with one attached hydrogen (secondary N) is 2. The molecular weight excluding hydrogens is 258 g/mol. The maximum absolute atomic E-state index is 3.46. The number of benzene rings is 1. The summed E-state index contributed by atoms with van der Waals surface area (Å²) in [7, 11) is 0. The highest BCUT2D eigenvalue weighted by molar-refractivity contribution is 5.79. The van der Waals surface area contributed by atoms with Crippen LogP contribution in [0.2, 0.25) is 0 Å². The summed E-state index contributed by atoms with van der Waals surface area (Å²) < 4.78 is 0. The van der Waals surface area contributed by atoms with E-state index in [0.717, 1.165) is 32.1 Å². The maximum Gasteiger partial charge on any atom is 0.0457 e. The predicted molar refractivity (Wildman–Crippen MR) is 89.6 cm³/mol. The number of H-pyrrole nitrogens is 1. The number of rotatable bonds is 5. The zero-order valence-electron chi connectivity index (χ0n) is 13.2. The Kier molecular flexibility index (Phi) is 4.61. The van der Waals surface area contributed by atoms with Gasteiger partial charge >= 0.3 is 0 Å². The van der Waals surface area contributed by atoms with Gasteiger partial charge in [0.05, 0.1) is 0 Å². The molecule has 1 saturated heterocycles. The number of hydrogen-bond acceptors (Lipinski definition) is 2. The molecule has 3 nitrogen and oxygen atoms in total. The van der Waals surface area contributed by atoms with Crippen LogP contribution in [0.4, 0.5) is 0 Å². The van der Waals surface area contributed by atoms with Crippen LogP contribution in [0.15, 0.2) is 30.5 Å². The summed E-state index contributed by atoms with van der Waals surface area (Å²) >= 11 is 0. The van der Waals surface area contributed by atoms with Crippen LogP contribution in [-0.4, -0.2) is 36.1 Å². The van der Waals surface area contributed by atoms with E-state index >= 15 is 0 Å². The van der Waals surface area contributed by atoms with Gasteiger partial charge in [-0.15, -0.1) is 0 Å². The van der Waals surface area contributed by atoms with Gasteiger partial charge in [0.2, 0.25) is 0 Å². The van der Waals surface area contributed by atoms with Crippen LogP contribution in [-0.2, 0) is 0 Å². The van der Waals surface area contributed by atoms with Crippen LogP contribution in [0.3, 0.4) is 0 Å². The maximum atomic E-state index is 3.46. The number of fused-ring (bicyclic) bond motifs is 1. The summed E-state index contributed by atoms with van der Waals surface area (Å²) in [6, 6.07) is 9.63. The third kappa shape index (κ3) is 3.47. The van der Waals surface area contributed by atoms with E-state index in [4.69, 9.17) is 0 Å². The fourth-order valence-corrected chi connectivity index (χ4v) is 3.32. The Morgan fingerprint density at radius 2 is 1.90 bits per heavy atom. The van der Waals surface area contributed by atoms with Crippen molar-refractivity contribution >= 4 is 10.9 Å². The quantitative estimate of drug-likeness (QED) is 0.880. The molecule has 0 saturated carbocycles. The van der Waals surface area contributed by atoms with E-state index in [9.17, 15) is 0 Å². The molecular formula is C18H27N3. The van der Waals surface area contributed by atoms with Gasteiger partial charge in [0.25, 0.3) is 0 Å². The molecule has 1 aromatic carbocycles. The first kappa shape index (κ1) is 14.6. The van der Waals surface area contributed by atoms with Crippen LogP contribution in [0, 0.1) is 5.92 Å². The van der Waals surface area contributed by atoms with Gasteiger partial charge in [-0.3, -0.25) is 4.90 Å². The summed E-state index contributed by atoms with van der Waals surface area (Å²) in [4.78, 5) is 6.01. The lowest BCUT2D eigenvalue weighted by molar-refractivity contribution is 0.160. The molecule has 1 fully saturated rings. The van der Waals surface area contributed by atoms with Crippen LogP contribution in [0.5, 0.6) is 0 Å². The molecule has 0 aliphatic carbocycles. The Morgan fingerprint density at radius 3 is 2.67 bits per heavy atom. The SMILES string of the molecule is CC(C)CC[C@H](c1ccc2cc[nH]c2c1)N1CCNCC1. The lowest BCUT2D eigenvalue weighted by Crippen LogP contribution is -2.45. The minimum Gasteiger partial charge on any atom is -0.361 e. The van der Waals surface area contributed by atoms with Crippen molar-refractivity contribution in [1.82, 2.24) is 15.2 Å². The highest BCUT2D eigenvalue weighted by Gasteiger charge is 2.22. The molecule has 0 amide bonds. The second-order valence-electron chi connectivity index (χ2n) is 6.60. The highest BCUT2D eigenvalue weighted by Crippen LogP contribution is 2.29. The van der Waals surface area contributed by atoms with E-state index in [0.29, 0.717) is 6.04 Å². The number of aromatic nitrogens is 1. The van der Waals surface area contributed by atoms with E-state index < -0.39 is 0 Å². The first-order chi connectivity index (χ1) is 10.2. The minimum atomic E-state index is 0.558. The predicted octanol–water partition coefficient (Wildman–Crippen LogP) is 3.55. The lowest BCUT2D eigenvalue weighted by atomic mass is 9.95. The van der Waals surface area contributed by atoms with Crippen LogP contribution in [0.25, 0.3) is 10.9 Å². The molecule has 3 rings (SSSR count). The molecule has 3 heteroatoms. The second-order valence-corrected chi connectivity index (χ2v) is 6.60. The molecule has 114 valence electrons. The van der Waals surface area contributed by atoms with Crippen LogP contribution in [0.1, 0.15) is 38.3 Å². The molecule has 2 aromatic rings. The summed E-state index contributed by atoms with van der Waals surface area (Å²) in [5.74, 6) is 0.768. The topological polar surface area (TPSA) is 31.1 Å². The third-order valence-corrected chi connectivity index (χ3v) is 4.57. The first-order valence-electron chi connectivity index (χ1n) is 8.26. The summed E-state index contributed by atoms with van der Waals surface area (Å²) in [5, 5.41) is 4.77. The van der Waals surface area contributed by atoms with Crippen molar-refractivity contribution < 1.29 is 0 Å². The molecule has 1 aromatic heterocycles. The zero-order valence-corrected chi connectivity index (χ0v) is 13.2. The summed E-state index contributed by atoms with van der Waals surface area (Å²) in [6.45, 7) is 9.19. The van der Waals surface area contributed by atoms with E-state index in [1.165, 1.54) is 29.3 Å². The largest absolute Gasteiger partial charge is 0.361 e. The Bertz CT molecular complexity index is 567. The molecule has 1 aliphatic heterocycles. The molecule has 0 bridgehead atoms. The minimum absolute atomic E-state index is 0.558. The van der Waals surface area contributed by atoms with Gasteiger partial charge in [0.1, 0.15) is 0 Å². The smallest absolute Gasteiger partial charge is 0.0457 e. The fourth-order valence-electron chi connectivity index (χ4n) is 3.32. The van der Waals surface area contributed by atoms with Gasteiger partial charge in [-0.1, -0.05) is 26.0 Å². The molecule has 1 aliphatic rings. The molecule has 1 atom stereocenters. The Morgan fingerprint density at radius 1 is 1.10 bits per heavy atom.